The summed E-state index contributed by atoms with van der Waals surface area (Å²) < 4.78 is 4.89. The zero-order chi connectivity index (χ0) is 17.1. The number of nitrogens with zero attached hydrogens (tertiary/aromatic N) is 1. The summed E-state index contributed by atoms with van der Waals surface area (Å²) >= 11 is 0. The van der Waals surface area contributed by atoms with Gasteiger partial charge in [0.1, 0.15) is 0 Å². The Bertz CT molecular complexity index is 507. The van der Waals surface area contributed by atoms with Gasteiger partial charge in [0.15, 0.2) is 5.96 Å². The number of ether oxygens (including phenoxy) is 1. The number of halogens is 1. The van der Waals surface area contributed by atoms with Crippen LogP contribution in [0.2, 0.25) is 0 Å². The highest BCUT2D eigenvalue weighted by Gasteiger charge is 2.20. The van der Waals surface area contributed by atoms with Crippen LogP contribution in [0.15, 0.2) is 35.3 Å². The van der Waals surface area contributed by atoms with E-state index in [0.29, 0.717) is 25.7 Å². The number of hydrogen-bond donors (Lipinski definition) is 3. The Morgan fingerprint density at radius 1 is 1.17 bits per heavy atom. The molecule has 0 aliphatic rings. The second kappa shape index (κ2) is 12.1. The fourth-order valence-electron chi connectivity index (χ4n) is 2.04. The molecule has 6 nitrogen and oxygen atoms in total. The van der Waals surface area contributed by atoms with Crippen molar-refractivity contribution in [3.63, 3.8) is 0 Å². The van der Waals surface area contributed by atoms with Crippen molar-refractivity contribution in [3.05, 3.63) is 35.9 Å². The number of guanidine groups is 1. The van der Waals surface area contributed by atoms with E-state index >= 15 is 0 Å². The summed E-state index contributed by atoms with van der Waals surface area (Å²) in [5, 5.41) is 9.02. The summed E-state index contributed by atoms with van der Waals surface area (Å²) in [4.78, 5) is 15.8. The van der Waals surface area contributed by atoms with Crippen molar-refractivity contribution in [2.45, 2.75) is 19.3 Å². The van der Waals surface area contributed by atoms with Crippen molar-refractivity contribution < 1.29 is 9.53 Å². The smallest absolute Gasteiger partial charge is 0.239 e. The molecule has 7 heteroatoms. The molecule has 1 aromatic rings. The number of rotatable bonds is 8. The molecule has 0 spiro atoms. The zero-order valence-electron chi connectivity index (χ0n) is 14.9. The van der Waals surface area contributed by atoms with Crippen LogP contribution >= 0.6 is 24.0 Å². The molecule has 136 valence electrons. The van der Waals surface area contributed by atoms with E-state index in [1.54, 1.807) is 14.2 Å². The van der Waals surface area contributed by atoms with Crippen LogP contribution in [0, 0.1) is 0 Å². The predicted octanol–water partition coefficient (Wildman–Crippen LogP) is 1.51. The molecule has 0 saturated heterocycles. The van der Waals surface area contributed by atoms with Crippen molar-refractivity contribution in [1.29, 1.82) is 0 Å². The van der Waals surface area contributed by atoms with Gasteiger partial charge in [-0.1, -0.05) is 44.2 Å². The minimum atomic E-state index is -0.0904. The SMILES string of the molecule is CN=C(NCC(=O)NCCOC)NCC(C)(C)c1ccccc1.I. The van der Waals surface area contributed by atoms with Crippen molar-refractivity contribution in [1.82, 2.24) is 16.0 Å². The molecule has 0 bridgehead atoms. The number of methoxy groups -OCH3 is 1. The lowest BCUT2D eigenvalue weighted by atomic mass is 9.85. The van der Waals surface area contributed by atoms with Crippen LogP contribution in [-0.2, 0) is 14.9 Å². The number of hydrogen-bond acceptors (Lipinski definition) is 3. The summed E-state index contributed by atoms with van der Waals surface area (Å²) in [6.45, 7) is 6.23. The standard InChI is InChI=1S/C17H28N4O2.HI/c1-17(2,14-8-6-5-7-9-14)13-21-16(18-3)20-12-15(22)19-10-11-23-4;/h5-9H,10-13H2,1-4H3,(H,19,22)(H2,18,20,21);1H. The normalized spacial score (nSPS) is 11.4. The number of carbonyl (C=O) groups is 1. The van der Waals surface area contributed by atoms with E-state index in [2.05, 4.69) is 46.9 Å². The molecule has 0 aliphatic heterocycles. The van der Waals surface area contributed by atoms with Gasteiger partial charge in [-0.15, -0.1) is 24.0 Å². The molecular formula is C17H29IN4O2. The van der Waals surface area contributed by atoms with E-state index in [9.17, 15) is 4.79 Å². The molecule has 0 saturated carbocycles. The predicted molar refractivity (Wildman–Crippen MR) is 109 cm³/mol. The van der Waals surface area contributed by atoms with E-state index in [1.807, 2.05) is 18.2 Å². The summed E-state index contributed by atoms with van der Waals surface area (Å²) in [7, 11) is 3.29. The Balaban J connectivity index is 0.00000529. The Morgan fingerprint density at radius 3 is 2.42 bits per heavy atom. The van der Waals surface area contributed by atoms with E-state index in [-0.39, 0.29) is 41.8 Å². The van der Waals surface area contributed by atoms with Crippen LogP contribution < -0.4 is 16.0 Å². The molecule has 3 N–H and O–H groups in total. The molecule has 1 rings (SSSR count). The molecule has 1 aromatic carbocycles. The highest BCUT2D eigenvalue weighted by Crippen LogP contribution is 2.21. The number of benzene rings is 1. The monoisotopic (exact) mass is 448 g/mol. The molecule has 0 radical (unpaired) electrons. The maximum atomic E-state index is 11.6. The number of aliphatic imine (C=N–C) groups is 1. The van der Waals surface area contributed by atoms with Crippen LogP contribution in [0.4, 0.5) is 0 Å². The van der Waals surface area contributed by atoms with Crippen LogP contribution in [0.25, 0.3) is 0 Å². The molecule has 0 unspecified atom stereocenters. The Hall–Kier alpha value is -1.35. The second-order valence-corrected chi connectivity index (χ2v) is 5.87. The number of carbonyl (C=O) groups excluding carboxylic acids is 1. The maximum Gasteiger partial charge on any atom is 0.239 e. The van der Waals surface area contributed by atoms with Crippen molar-refractivity contribution >= 4 is 35.8 Å². The first-order valence-electron chi connectivity index (χ1n) is 7.75. The number of nitrogens with one attached hydrogen (secondary N) is 3. The fourth-order valence-corrected chi connectivity index (χ4v) is 2.04. The van der Waals surface area contributed by atoms with Gasteiger partial charge >= 0.3 is 0 Å². The van der Waals surface area contributed by atoms with Gasteiger partial charge < -0.3 is 20.7 Å². The first kappa shape index (κ1) is 22.6. The molecule has 0 fully saturated rings. The Kier molecular flexibility index (Phi) is 11.4. The van der Waals surface area contributed by atoms with Gasteiger partial charge in [-0.25, -0.2) is 0 Å². The maximum absolute atomic E-state index is 11.6. The van der Waals surface area contributed by atoms with Gasteiger partial charge in [-0.2, -0.15) is 0 Å². The van der Waals surface area contributed by atoms with E-state index in [0.717, 1.165) is 0 Å². The Labute approximate surface area is 161 Å². The molecule has 0 aromatic heterocycles. The lowest BCUT2D eigenvalue weighted by Gasteiger charge is -2.26. The topological polar surface area (TPSA) is 74.8 Å². The zero-order valence-corrected chi connectivity index (χ0v) is 17.2. The third-order valence-electron chi connectivity index (χ3n) is 3.52. The molecule has 24 heavy (non-hydrogen) atoms. The third-order valence-corrected chi connectivity index (χ3v) is 3.52. The van der Waals surface area contributed by atoms with Crippen molar-refractivity contribution in [2.75, 3.05) is 40.4 Å². The molecule has 0 heterocycles. The van der Waals surface area contributed by atoms with Crippen LogP contribution in [-0.4, -0.2) is 52.3 Å². The van der Waals surface area contributed by atoms with Crippen molar-refractivity contribution in [3.8, 4) is 0 Å². The number of amides is 1. The molecular weight excluding hydrogens is 419 g/mol. The first-order chi connectivity index (χ1) is 11.0. The molecule has 1 amide bonds. The lowest BCUT2D eigenvalue weighted by molar-refractivity contribution is -0.120. The minimum Gasteiger partial charge on any atom is -0.383 e. The van der Waals surface area contributed by atoms with E-state index in [4.69, 9.17) is 4.74 Å². The Morgan fingerprint density at radius 2 is 1.83 bits per heavy atom. The second-order valence-electron chi connectivity index (χ2n) is 5.87. The van der Waals surface area contributed by atoms with Gasteiger partial charge in [0, 0.05) is 32.7 Å². The summed E-state index contributed by atoms with van der Waals surface area (Å²) in [6, 6.07) is 10.3. The van der Waals surface area contributed by atoms with E-state index < -0.39 is 0 Å². The van der Waals surface area contributed by atoms with Crippen LogP contribution in [0.5, 0.6) is 0 Å². The van der Waals surface area contributed by atoms with Gasteiger partial charge in [0.2, 0.25) is 5.91 Å². The molecule has 0 atom stereocenters. The van der Waals surface area contributed by atoms with Gasteiger partial charge in [0.25, 0.3) is 0 Å². The average Bonchev–Trinajstić information content (AvgIpc) is 2.56. The van der Waals surface area contributed by atoms with Crippen molar-refractivity contribution in [2.24, 2.45) is 4.99 Å². The third kappa shape index (κ3) is 8.49. The lowest BCUT2D eigenvalue weighted by Crippen LogP contribution is -2.46. The first-order valence-corrected chi connectivity index (χ1v) is 7.75. The summed E-state index contributed by atoms with van der Waals surface area (Å²) in [6.07, 6.45) is 0. The molecule has 0 aliphatic carbocycles. The fraction of sp³-hybridized carbons (Fsp3) is 0.529. The van der Waals surface area contributed by atoms with Crippen LogP contribution in [0.1, 0.15) is 19.4 Å². The van der Waals surface area contributed by atoms with Gasteiger partial charge in [0.05, 0.1) is 13.2 Å². The largest absolute Gasteiger partial charge is 0.383 e. The van der Waals surface area contributed by atoms with E-state index in [1.165, 1.54) is 5.56 Å². The summed E-state index contributed by atoms with van der Waals surface area (Å²) in [5.41, 5.74) is 1.21. The summed E-state index contributed by atoms with van der Waals surface area (Å²) in [5.74, 6) is 0.517. The van der Waals surface area contributed by atoms with Gasteiger partial charge in [-0.05, 0) is 5.56 Å². The average molecular weight is 448 g/mol. The van der Waals surface area contributed by atoms with Gasteiger partial charge in [-0.3, -0.25) is 9.79 Å². The quantitative estimate of drug-likeness (QED) is 0.244. The minimum absolute atomic E-state index is 0. The highest BCUT2D eigenvalue weighted by molar-refractivity contribution is 14.0. The highest BCUT2D eigenvalue weighted by atomic mass is 127. The van der Waals surface area contributed by atoms with Crippen LogP contribution in [0.3, 0.4) is 0 Å².